The summed E-state index contributed by atoms with van der Waals surface area (Å²) in [6.45, 7) is 2.61. The maximum absolute atomic E-state index is 2.61. The molecule has 0 radical (unpaired) electrons. The van der Waals surface area contributed by atoms with Gasteiger partial charge >= 0.3 is 0 Å². The van der Waals surface area contributed by atoms with Crippen LogP contribution in [0.5, 0.6) is 0 Å². The first-order valence-corrected chi connectivity index (χ1v) is 6.31. The highest BCUT2D eigenvalue weighted by Gasteiger charge is 2.69. The van der Waals surface area contributed by atoms with Crippen LogP contribution in [0, 0.1) is 35.0 Å². The van der Waals surface area contributed by atoms with Gasteiger partial charge in [-0.05, 0) is 60.7 Å². The highest BCUT2D eigenvalue weighted by atomic mass is 14.7. The van der Waals surface area contributed by atoms with Gasteiger partial charge in [-0.25, -0.2) is 0 Å². The predicted molar refractivity (Wildman–Crippen MR) is 53.3 cm³/mol. The summed E-state index contributed by atoms with van der Waals surface area (Å²) in [4.78, 5) is 0. The van der Waals surface area contributed by atoms with Crippen molar-refractivity contribution in [3.63, 3.8) is 0 Å². The zero-order valence-corrected chi connectivity index (χ0v) is 8.63. The van der Waals surface area contributed by atoms with Gasteiger partial charge in [0, 0.05) is 0 Å². The molecule has 4 bridgehead atoms. The fraction of sp³-hybridized carbons (Fsp3) is 1.00. The monoisotopic (exact) mass is 176 g/mol. The van der Waals surface area contributed by atoms with E-state index in [4.69, 9.17) is 0 Å². The van der Waals surface area contributed by atoms with E-state index in [1.165, 1.54) is 29.6 Å². The molecular formula is C13H20. The van der Waals surface area contributed by atoms with Crippen molar-refractivity contribution in [2.75, 3.05) is 0 Å². The van der Waals surface area contributed by atoms with Crippen molar-refractivity contribution in [1.82, 2.24) is 0 Å². The lowest BCUT2D eigenvalue weighted by Gasteiger charge is -2.63. The van der Waals surface area contributed by atoms with E-state index in [-0.39, 0.29) is 0 Å². The SMILES string of the molecule is CC12CC3CCCC3C3C1CCC32. The van der Waals surface area contributed by atoms with Gasteiger partial charge < -0.3 is 0 Å². The van der Waals surface area contributed by atoms with Gasteiger partial charge in [0.1, 0.15) is 0 Å². The van der Waals surface area contributed by atoms with Crippen LogP contribution in [0.15, 0.2) is 0 Å². The van der Waals surface area contributed by atoms with E-state index in [0.29, 0.717) is 0 Å². The van der Waals surface area contributed by atoms with E-state index in [1.54, 1.807) is 38.5 Å². The summed E-state index contributed by atoms with van der Waals surface area (Å²) in [5, 5.41) is 0. The summed E-state index contributed by atoms with van der Waals surface area (Å²) in [7, 11) is 0. The van der Waals surface area contributed by atoms with Crippen LogP contribution in [-0.4, -0.2) is 0 Å². The van der Waals surface area contributed by atoms with Gasteiger partial charge in [-0.3, -0.25) is 0 Å². The smallest absolute Gasteiger partial charge is 0.0261 e. The van der Waals surface area contributed by atoms with Gasteiger partial charge in [0.2, 0.25) is 0 Å². The van der Waals surface area contributed by atoms with Gasteiger partial charge in [0.15, 0.2) is 0 Å². The Hall–Kier alpha value is 0. The van der Waals surface area contributed by atoms with Gasteiger partial charge in [-0.1, -0.05) is 19.8 Å². The second kappa shape index (κ2) is 1.99. The minimum absolute atomic E-state index is 0.843. The lowest BCUT2D eigenvalue weighted by Crippen LogP contribution is -2.57. The molecule has 0 aromatic rings. The molecule has 0 heterocycles. The molecule has 72 valence electrons. The Kier molecular flexibility index (Phi) is 1.12. The van der Waals surface area contributed by atoms with Gasteiger partial charge in [-0.2, -0.15) is 0 Å². The summed E-state index contributed by atoms with van der Waals surface area (Å²) in [5.41, 5.74) is 0.843. The lowest BCUT2D eigenvalue weighted by atomic mass is 9.41. The van der Waals surface area contributed by atoms with Crippen molar-refractivity contribution >= 4 is 0 Å². The Balaban J connectivity index is 1.75. The average molecular weight is 176 g/mol. The number of hydrogen-bond acceptors (Lipinski definition) is 0. The van der Waals surface area contributed by atoms with Crippen molar-refractivity contribution in [1.29, 1.82) is 0 Å². The second-order valence-electron chi connectivity index (χ2n) is 6.43. The molecule has 0 nitrogen and oxygen atoms in total. The Morgan fingerprint density at radius 1 is 1.00 bits per heavy atom. The first kappa shape index (κ1) is 7.31. The summed E-state index contributed by atoms with van der Waals surface area (Å²) in [6.07, 6.45) is 9.53. The van der Waals surface area contributed by atoms with Gasteiger partial charge in [-0.15, -0.1) is 0 Å². The molecule has 0 aromatic carbocycles. The minimum Gasteiger partial charge on any atom is -0.0591 e. The molecule has 13 heavy (non-hydrogen) atoms. The van der Waals surface area contributed by atoms with Gasteiger partial charge in [0.05, 0.1) is 0 Å². The zero-order valence-electron chi connectivity index (χ0n) is 8.63. The summed E-state index contributed by atoms with van der Waals surface area (Å²) in [6, 6.07) is 0. The lowest BCUT2D eigenvalue weighted by molar-refractivity contribution is -0.153. The zero-order chi connectivity index (χ0) is 8.63. The first-order valence-electron chi connectivity index (χ1n) is 6.31. The Morgan fingerprint density at radius 2 is 1.77 bits per heavy atom. The summed E-state index contributed by atoms with van der Waals surface area (Å²) in [5.74, 6) is 5.93. The van der Waals surface area contributed by atoms with Crippen LogP contribution < -0.4 is 0 Å². The molecule has 0 N–H and O–H groups in total. The predicted octanol–water partition coefficient (Wildman–Crippen LogP) is 3.47. The van der Waals surface area contributed by atoms with Crippen LogP contribution in [0.1, 0.15) is 45.4 Å². The fourth-order valence-electron chi connectivity index (χ4n) is 6.01. The number of fused-ring (bicyclic) bond motifs is 2. The summed E-state index contributed by atoms with van der Waals surface area (Å²) < 4.78 is 0. The highest BCUT2D eigenvalue weighted by molar-refractivity contribution is 5.17. The molecule has 5 fully saturated rings. The third-order valence-electron chi connectivity index (χ3n) is 6.33. The second-order valence-corrected chi connectivity index (χ2v) is 6.43. The van der Waals surface area contributed by atoms with Crippen molar-refractivity contribution < 1.29 is 0 Å². The molecule has 0 aromatic heterocycles. The normalized spacial score (nSPS) is 67.6. The van der Waals surface area contributed by atoms with Crippen molar-refractivity contribution in [3.8, 4) is 0 Å². The maximum Gasteiger partial charge on any atom is -0.0261 e. The molecule has 4 unspecified atom stereocenters. The van der Waals surface area contributed by atoms with E-state index < -0.39 is 0 Å². The molecule has 5 aliphatic rings. The quantitative estimate of drug-likeness (QED) is 0.530. The van der Waals surface area contributed by atoms with E-state index in [2.05, 4.69) is 6.92 Å². The van der Waals surface area contributed by atoms with Crippen molar-refractivity contribution in [2.24, 2.45) is 35.0 Å². The third-order valence-corrected chi connectivity index (χ3v) is 6.33. The Bertz CT molecular complexity index is 243. The number of rotatable bonds is 0. The molecule has 0 aliphatic heterocycles. The average Bonchev–Trinajstić information content (AvgIpc) is 2.74. The number of hydrogen-bond donors (Lipinski definition) is 0. The van der Waals surface area contributed by atoms with E-state index in [0.717, 1.165) is 5.41 Å². The van der Waals surface area contributed by atoms with E-state index in [1.807, 2.05) is 0 Å². The fourth-order valence-corrected chi connectivity index (χ4v) is 6.01. The molecule has 0 saturated heterocycles. The summed E-state index contributed by atoms with van der Waals surface area (Å²) >= 11 is 0. The molecule has 5 saturated carbocycles. The van der Waals surface area contributed by atoms with Crippen LogP contribution in [0.2, 0.25) is 0 Å². The molecule has 0 spiro atoms. The molecule has 0 amide bonds. The Labute approximate surface area is 81.1 Å². The van der Waals surface area contributed by atoms with E-state index >= 15 is 0 Å². The van der Waals surface area contributed by atoms with Crippen molar-refractivity contribution in [2.45, 2.75) is 45.4 Å². The standard InChI is InChI=1S/C13H20/c1-13-7-8-3-2-4-9(8)12-10(13)5-6-11(12)13/h8-12H,2-7H2,1H3. The maximum atomic E-state index is 2.61. The highest BCUT2D eigenvalue weighted by Crippen LogP contribution is 2.76. The molecule has 4 atom stereocenters. The largest absolute Gasteiger partial charge is 0.0591 e. The van der Waals surface area contributed by atoms with Crippen LogP contribution in [0.3, 0.4) is 0 Å². The topological polar surface area (TPSA) is 0 Å². The van der Waals surface area contributed by atoms with Crippen LogP contribution in [0.25, 0.3) is 0 Å². The Morgan fingerprint density at radius 3 is 2.54 bits per heavy atom. The minimum atomic E-state index is 0.843. The molecule has 5 rings (SSSR count). The molecule has 5 aliphatic carbocycles. The van der Waals surface area contributed by atoms with Crippen LogP contribution >= 0.6 is 0 Å². The van der Waals surface area contributed by atoms with Gasteiger partial charge in [0.25, 0.3) is 0 Å². The molecule has 0 heteroatoms. The first-order chi connectivity index (χ1) is 6.31. The third kappa shape index (κ3) is 0.620. The molecular weight excluding hydrogens is 156 g/mol. The van der Waals surface area contributed by atoms with Crippen LogP contribution in [0.4, 0.5) is 0 Å². The van der Waals surface area contributed by atoms with E-state index in [9.17, 15) is 0 Å². The van der Waals surface area contributed by atoms with Crippen LogP contribution in [-0.2, 0) is 0 Å². The van der Waals surface area contributed by atoms with Crippen molar-refractivity contribution in [3.05, 3.63) is 0 Å².